The number of carbonyl (C=O) groups excluding carboxylic acids is 1. The van der Waals surface area contributed by atoms with Gasteiger partial charge in [-0.2, -0.15) is 0 Å². The summed E-state index contributed by atoms with van der Waals surface area (Å²) in [5, 5.41) is 3.16. The van der Waals surface area contributed by atoms with Gasteiger partial charge in [0.05, 0.1) is 20.6 Å². The fraction of sp³-hybridized carbons (Fsp3) is 0.143. The summed E-state index contributed by atoms with van der Waals surface area (Å²) in [6.45, 7) is -0.0671. The molecule has 3 aromatic carbocycles. The van der Waals surface area contributed by atoms with Gasteiger partial charge in [0.2, 0.25) is 15.9 Å². The van der Waals surface area contributed by atoms with Gasteiger partial charge in [-0.25, -0.2) is 13.1 Å². The largest absolute Gasteiger partial charge is 0.497 e. The molecule has 1 heterocycles. The SMILES string of the molecule is COc1ccc(CNS(=O)(=O)c2cc(NC(=O)Cc3ccccn3)ccc2Oc2cccc(Cl)c2)c(OC)c1. The van der Waals surface area contributed by atoms with E-state index in [1.807, 2.05) is 0 Å². The van der Waals surface area contributed by atoms with Crippen molar-refractivity contribution in [2.24, 2.45) is 0 Å². The molecule has 0 bridgehead atoms. The van der Waals surface area contributed by atoms with Gasteiger partial charge in [0, 0.05) is 40.8 Å². The monoisotopic (exact) mass is 567 g/mol. The molecule has 0 aliphatic rings. The van der Waals surface area contributed by atoms with Gasteiger partial charge < -0.3 is 19.5 Å². The normalized spacial score (nSPS) is 11.1. The second-order valence-corrected chi connectivity index (χ2v) is 10.4. The van der Waals surface area contributed by atoms with Gasteiger partial charge in [-0.15, -0.1) is 0 Å². The van der Waals surface area contributed by atoms with Gasteiger partial charge >= 0.3 is 0 Å². The van der Waals surface area contributed by atoms with Crippen LogP contribution in [0.1, 0.15) is 11.3 Å². The van der Waals surface area contributed by atoms with Crippen LogP contribution in [-0.4, -0.2) is 33.5 Å². The van der Waals surface area contributed by atoms with Gasteiger partial charge in [0.15, 0.2) is 0 Å². The molecule has 0 spiro atoms. The number of nitrogens with zero attached hydrogens (tertiary/aromatic N) is 1. The molecule has 11 heteroatoms. The van der Waals surface area contributed by atoms with E-state index in [2.05, 4.69) is 15.0 Å². The first-order valence-corrected chi connectivity index (χ1v) is 13.6. The quantitative estimate of drug-likeness (QED) is 0.256. The first-order valence-electron chi connectivity index (χ1n) is 11.7. The molecule has 9 nitrogen and oxygen atoms in total. The molecular formula is C28H26ClN3O6S. The number of benzene rings is 3. The lowest BCUT2D eigenvalue weighted by Gasteiger charge is -2.16. The van der Waals surface area contributed by atoms with E-state index in [1.165, 1.54) is 26.4 Å². The molecule has 0 aliphatic heterocycles. The van der Waals surface area contributed by atoms with E-state index in [4.69, 9.17) is 25.8 Å². The van der Waals surface area contributed by atoms with Crippen LogP contribution in [0.4, 0.5) is 5.69 Å². The van der Waals surface area contributed by atoms with Gasteiger partial charge in [0.1, 0.15) is 27.9 Å². The number of aromatic nitrogens is 1. The molecule has 202 valence electrons. The molecule has 0 aliphatic carbocycles. The first-order chi connectivity index (χ1) is 18.8. The Hall–Kier alpha value is -4.12. The summed E-state index contributed by atoms with van der Waals surface area (Å²) in [5.41, 5.74) is 1.45. The zero-order chi connectivity index (χ0) is 27.8. The summed E-state index contributed by atoms with van der Waals surface area (Å²) in [5.74, 6) is 1.08. The number of sulfonamides is 1. The summed E-state index contributed by atoms with van der Waals surface area (Å²) in [4.78, 5) is 16.6. The maximum Gasteiger partial charge on any atom is 0.244 e. The average Bonchev–Trinajstić information content (AvgIpc) is 2.93. The average molecular weight is 568 g/mol. The molecule has 4 aromatic rings. The Morgan fingerprint density at radius 3 is 2.46 bits per heavy atom. The molecular weight excluding hydrogens is 542 g/mol. The van der Waals surface area contributed by atoms with Crippen molar-refractivity contribution in [3.05, 3.63) is 101 Å². The predicted molar refractivity (Wildman–Crippen MR) is 148 cm³/mol. The summed E-state index contributed by atoms with van der Waals surface area (Å²) >= 11 is 6.07. The van der Waals surface area contributed by atoms with E-state index in [-0.39, 0.29) is 35.2 Å². The summed E-state index contributed by atoms with van der Waals surface area (Å²) in [7, 11) is -1.12. The minimum Gasteiger partial charge on any atom is -0.497 e. The molecule has 1 aromatic heterocycles. The van der Waals surface area contributed by atoms with Crippen molar-refractivity contribution in [2.45, 2.75) is 17.9 Å². The Morgan fingerprint density at radius 1 is 0.897 bits per heavy atom. The van der Waals surface area contributed by atoms with Crippen molar-refractivity contribution in [3.63, 3.8) is 0 Å². The van der Waals surface area contributed by atoms with Gasteiger partial charge in [-0.3, -0.25) is 9.78 Å². The van der Waals surface area contributed by atoms with Crippen LogP contribution in [0.5, 0.6) is 23.0 Å². The van der Waals surface area contributed by atoms with Gasteiger partial charge in [0.25, 0.3) is 0 Å². The molecule has 2 N–H and O–H groups in total. The minimum absolute atomic E-state index is 0.0270. The summed E-state index contributed by atoms with van der Waals surface area (Å²) in [6.07, 6.45) is 1.62. The van der Waals surface area contributed by atoms with Crippen LogP contribution in [0.3, 0.4) is 0 Å². The number of hydrogen-bond acceptors (Lipinski definition) is 7. The molecule has 0 unspecified atom stereocenters. The number of halogens is 1. The molecule has 0 radical (unpaired) electrons. The molecule has 1 amide bonds. The van der Waals surface area contributed by atoms with Crippen molar-refractivity contribution < 1.29 is 27.4 Å². The third kappa shape index (κ3) is 7.47. The highest BCUT2D eigenvalue weighted by Crippen LogP contribution is 2.33. The predicted octanol–water partition coefficient (Wildman–Crippen LogP) is 5.20. The van der Waals surface area contributed by atoms with E-state index in [9.17, 15) is 13.2 Å². The third-order valence-corrected chi connectivity index (χ3v) is 7.21. The van der Waals surface area contributed by atoms with Gasteiger partial charge in [-0.1, -0.05) is 29.8 Å². The Labute approximate surface area is 231 Å². The summed E-state index contributed by atoms with van der Waals surface area (Å²) in [6, 6.07) is 21.3. The maximum absolute atomic E-state index is 13.5. The molecule has 4 rings (SSSR count). The van der Waals surface area contributed by atoms with Crippen LogP contribution >= 0.6 is 11.6 Å². The van der Waals surface area contributed by atoms with Crippen LogP contribution in [-0.2, 0) is 27.8 Å². The van der Waals surface area contributed by atoms with Crippen LogP contribution in [0.15, 0.2) is 90.0 Å². The summed E-state index contributed by atoms with van der Waals surface area (Å²) < 4.78 is 46.1. The van der Waals surface area contributed by atoms with Crippen molar-refractivity contribution >= 4 is 33.2 Å². The first kappa shape index (κ1) is 27.9. The number of nitrogens with one attached hydrogen (secondary N) is 2. The zero-order valence-electron chi connectivity index (χ0n) is 21.2. The number of amides is 1. The Bertz CT molecular complexity index is 1570. The van der Waals surface area contributed by atoms with Crippen LogP contribution < -0.4 is 24.2 Å². The number of rotatable bonds is 11. The van der Waals surface area contributed by atoms with E-state index < -0.39 is 10.0 Å². The molecule has 39 heavy (non-hydrogen) atoms. The lowest BCUT2D eigenvalue weighted by atomic mass is 10.2. The third-order valence-electron chi connectivity index (χ3n) is 5.56. The number of carbonyl (C=O) groups is 1. The number of methoxy groups -OCH3 is 2. The highest BCUT2D eigenvalue weighted by molar-refractivity contribution is 7.89. The fourth-order valence-corrected chi connectivity index (χ4v) is 5.00. The number of hydrogen-bond donors (Lipinski definition) is 2. The van der Waals surface area contributed by atoms with E-state index >= 15 is 0 Å². The lowest BCUT2D eigenvalue weighted by molar-refractivity contribution is -0.115. The van der Waals surface area contributed by atoms with Crippen molar-refractivity contribution in [2.75, 3.05) is 19.5 Å². The van der Waals surface area contributed by atoms with Crippen LogP contribution in [0, 0.1) is 0 Å². The molecule has 0 fully saturated rings. The van der Waals surface area contributed by atoms with E-state index in [1.54, 1.807) is 72.9 Å². The topological polar surface area (TPSA) is 116 Å². The second-order valence-electron chi connectivity index (χ2n) is 8.27. The fourth-order valence-electron chi connectivity index (χ4n) is 3.66. The highest BCUT2D eigenvalue weighted by Gasteiger charge is 2.22. The van der Waals surface area contributed by atoms with Crippen molar-refractivity contribution in [1.29, 1.82) is 0 Å². The maximum atomic E-state index is 13.5. The number of anilines is 1. The van der Waals surface area contributed by atoms with Crippen molar-refractivity contribution in [1.82, 2.24) is 9.71 Å². The zero-order valence-corrected chi connectivity index (χ0v) is 22.8. The lowest BCUT2D eigenvalue weighted by Crippen LogP contribution is -2.24. The van der Waals surface area contributed by atoms with E-state index in [0.29, 0.717) is 33.5 Å². The Balaban J connectivity index is 1.62. The Morgan fingerprint density at radius 2 is 1.74 bits per heavy atom. The Kier molecular flexibility index (Phi) is 9.03. The molecule has 0 saturated carbocycles. The smallest absolute Gasteiger partial charge is 0.244 e. The minimum atomic E-state index is -4.14. The van der Waals surface area contributed by atoms with Crippen LogP contribution in [0.2, 0.25) is 5.02 Å². The highest BCUT2D eigenvalue weighted by atomic mass is 35.5. The van der Waals surface area contributed by atoms with Crippen LogP contribution in [0.25, 0.3) is 0 Å². The van der Waals surface area contributed by atoms with Crippen molar-refractivity contribution in [3.8, 4) is 23.0 Å². The second kappa shape index (κ2) is 12.6. The number of pyridine rings is 1. The van der Waals surface area contributed by atoms with Gasteiger partial charge in [-0.05, 0) is 54.6 Å². The standard InChI is InChI=1S/C28H26ClN3O6S/c1-36-23-11-9-19(26(17-23)37-2)18-31-39(34,35)27-15-22(32-28(33)16-21-7-3-4-13-30-21)10-12-25(27)38-24-8-5-6-20(29)14-24/h3-15,17,31H,16,18H2,1-2H3,(H,32,33). The van der Waals surface area contributed by atoms with E-state index in [0.717, 1.165) is 0 Å². The number of ether oxygens (including phenoxy) is 3. The molecule has 0 saturated heterocycles. The molecule has 0 atom stereocenters.